The number of carbonyl (C=O) groups is 1. The molecule has 0 aromatic heterocycles. The van der Waals surface area contributed by atoms with Gasteiger partial charge in [-0.1, -0.05) is 45.7 Å². The van der Waals surface area contributed by atoms with Gasteiger partial charge in [0.2, 0.25) is 0 Å². The lowest BCUT2D eigenvalue weighted by Gasteiger charge is -2.18. The summed E-state index contributed by atoms with van der Waals surface area (Å²) in [7, 11) is 0. The first-order valence-corrected chi connectivity index (χ1v) is 14.0. The van der Waals surface area contributed by atoms with Crippen LogP contribution >= 0.6 is 0 Å². The third kappa shape index (κ3) is 19.3. The molecule has 0 heterocycles. The van der Waals surface area contributed by atoms with Crippen molar-refractivity contribution in [3.63, 3.8) is 0 Å². The van der Waals surface area contributed by atoms with Gasteiger partial charge in [0.05, 0.1) is 72.7 Å². The highest BCUT2D eigenvalue weighted by Gasteiger charge is 2.11. The zero-order chi connectivity index (χ0) is 27.7. The molecule has 0 saturated heterocycles. The Bertz CT molecular complexity index is 669. The van der Waals surface area contributed by atoms with Crippen molar-refractivity contribution in [3.05, 3.63) is 29.8 Å². The van der Waals surface area contributed by atoms with E-state index in [1.807, 2.05) is 0 Å². The minimum Gasteiger partial charge on any atom is -0.491 e. The maximum atomic E-state index is 10.3. The number of benzene rings is 1. The lowest BCUT2D eigenvalue weighted by molar-refractivity contribution is -0.142. The van der Waals surface area contributed by atoms with Crippen LogP contribution in [0.3, 0.4) is 0 Å². The summed E-state index contributed by atoms with van der Waals surface area (Å²) in [4.78, 5) is 10.3. The van der Waals surface area contributed by atoms with Gasteiger partial charge < -0.3 is 38.3 Å². The van der Waals surface area contributed by atoms with Crippen LogP contribution < -0.4 is 4.74 Å². The summed E-state index contributed by atoms with van der Waals surface area (Å²) in [5.74, 6) is 1.30. The van der Waals surface area contributed by atoms with E-state index in [0.717, 1.165) is 11.7 Å². The molecule has 0 aliphatic rings. The summed E-state index contributed by atoms with van der Waals surface area (Å²) in [6.45, 7) is 12.0. The van der Waals surface area contributed by atoms with Gasteiger partial charge in [0.1, 0.15) is 19.0 Å². The van der Waals surface area contributed by atoms with Crippen LogP contribution in [0.25, 0.3) is 0 Å². The van der Waals surface area contributed by atoms with E-state index in [1.165, 1.54) is 31.2 Å². The average molecular weight is 543 g/mol. The first-order chi connectivity index (χ1) is 18.6. The van der Waals surface area contributed by atoms with E-state index in [1.54, 1.807) is 0 Å². The molecule has 0 aliphatic heterocycles. The summed E-state index contributed by atoms with van der Waals surface area (Å²) in [6.07, 6.45) is 4.95. The van der Waals surface area contributed by atoms with Crippen LogP contribution in [0.4, 0.5) is 0 Å². The molecule has 0 saturated carbocycles. The van der Waals surface area contributed by atoms with E-state index in [4.69, 9.17) is 38.3 Å². The Labute approximate surface area is 229 Å². The Morgan fingerprint density at radius 1 is 0.658 bits per heavy atom. The molecular weight excluding hydrogens is 492 g/mol. The number of ether oxygens (including phenoxy) is 7. The Balaban J connectivity index is 1.88. The number of hydrogen-bond donors (Lipinski definition) is 1. The molecule has 2 unspecified atom stereocenters. The molecule has 9 heteroatoms. The van der Waals surface area contributed by atoms with Gasteiger partial charge in [-0.25, -0.2) is 4.79 Å². The maximum Gasteiger partial charge on any atom is 0.329 e. The van der Waals surface area contributed by atoms with E-state index >= 15 is 0 Å². The quantitative estimate of drug-likeness (QED) is 0.160. The molecule has 1 aromatic carbocycles. The van der Waals surface area contributed by atoms with Gasteiger partial charge in [-0.3, -0.25) is 0 Å². The van der Waals surface area contributed by atoms with Gasteiger partial charge >= 0.3 is 5.97 Å². The molecule has 0 bridgehead atoms. The summed E-state index contributed by atoms with van der Waals surface area (Å²) in [5.41, 5.74) is 1.40. The highest BCUT2D eigenvalue weighted by atomic mass is 16.6. The standard InChI is InChI=1S/C29H50O9/c1-4-25(3)6-7-26(5-2)27-8-10-28(11-9-27)38-23-22-36-19-18-34-15-14-32-12-13-33-16-17-35-20-21-37-24-29(30)31/h8-11,25-26H,4-7,12-24H2,1-3H3,(H,30,31). The molecule has 1 aromatic rings. The first-order valence-electron chi connectivity index (χ1n) is 14.0. The van der Waals surface area contributed by atoms with Crippen molar-refractivity contribution in [2.45, 2.75) is 52.4 Å². The SMILES string of the molecule is CCC(C)CCC(CC)c1ccc(OCCOCCOCCOCCOCCOCCOCC(=O)O)cc1. The van der Waals surface area contributed by atoms with Crippen LogP contribution in [-0.2, 0) is 33.2 Å². The number of carboxylic acids is 1. The molecule has 0 spiro atoms. The number of rotatable bonds is 27. The molecule has 1 rings (SSSR count). The minimum atomic E-state index is -0.988. The van der Waals surface area contributed by atoms with E-state index in [9.17, 15) is 4.79 Å². The molecule has 0 fully saturated rings. The maximum absolute atomic E-state index is 10.3. The lowest BCUT2D eigenvalue weighted by Crippen LogP contribution is -2.15. The normalized spacial score (nSPS) is 12.9. The predicted octanol–water partition coefficient (Wildman–Crippen LogP) is 4.57. The second kappa shape index (κ2) is 24.3. The van der Waals surface area contributed by atoms with Crippen LogP contribution in [0.1, 0.15) is 57.9 Å². The molecular formula is C29H50O9. The third-order valence-electron chi connectivity index (χ3n) is 6.13. The van der Waals surface area contributed by atoms with Crippen molar-refractivity contribution in [1.29, 1.82) is 0 Å². The predicted molar refractivity (Wildman–Crippen MR) is 146 cm³/mol. The lowest BCUT2D eigenvalue weighted by atomic mass is 9.88. The summed E-state index contributed by atoms with van der Waals surface area (Å²) < 4.78 is 37.8. The second-order valence-corrected chi connectivity index (χ2v) is 9.12. The Morgan fingerprint density at radius 2 is 1.11 bits per heavy atom. The van der Waals surface area contributed by atoms with Crippen molar-refractivity contribution < 1.29 is 43.1 Å². The Morgan fingerprint density at radius 3 is 1.53 bits per heavy atom. The fourth-order valence-corrected chi connectivity index (χ4v) is 3.61. The number of aliphatic carboxylic acids is 1. The fraction of sp³-hybridized carbons (Fsp3) is 0.759. The monoisotopic (exact) mass is 542 g/mol. The van der Waals surface area contributed by atoms with Crippen LogP contribution in [0, 0.1) is 5.92 Å². The summed E-state index contributed by atoms with van der Waals surface area (Å²) in [6, 6.07) is 8.52. The second-order valence-electron chi connectivity index (χ2n) is 9.12. The van der Waals surface area contributed by atoms with Crippen LogP contribution in [0.15, 0.2) is 24.3 Å². The van der Waals surface area contributed by atoms with Crippen LogP contribution in [0.5, 0.6) is 5.75 Å². The van der Waals surface area contributed by atoms with Crippen molar-refractivity contribution in [1.82, 2.24) is 0 Å². The molecule has 0 radical (unpaired) electrons. The van der Waals surface area contributed by atoms with Crippen molar-refractivity contribution in [3.8, 4) is 5.75 Å². The van der Waals surface area contributed by atoms with Gasteiger partial charge in [0, 0.05) is 0 Å². The Hall–Kier alpha value is -1.75. The first kappa shape index (κ1) is 34.3. The van der Waals surface area contributed by atoms with E-state index in [2.05, 4.69) is 45.0 Å². The van der Waals surface area contributed by atoms with E-state index in [-0.39, 0.29) is 13.2 Å². The average Bonchev–Trinajstić information content (AvgIpc) is 2.92. The molecule has 2 atom stereocenters. The van der Waals surface area contributed by atoms with Crippen molar-refractivity contribution >= 4 is 5.97 Å². The van der Waals surface area contributed by atoms with Crippen molar-refractivity contribution in [2.75, 3.05) is 85.9 Å². The number of carboxylic acid groups (broad SMARTS) is 1. The molecule has 0 aliphatic carbocycles. The van der Waals surface area contributed by atoms with Gasteiger partial charge in [0.15, 0.2) is 0 Å². The minimum absolute atomic E-state index is 0.251. The highest BCUT2D eigenvalue weighted by molar-refractivity contribution is 5.67. The van der Waals surface area contributed by atoms with Gasteiger partial charge in [-0.05, 0) is 42.4 Å². The molecule has 1 N–H and O–H groups in total. The summed E-state index contributed by atoms with van der Waals surface area (Å²) >= 11 is 0. The van der Waals surface area contributed by atoms with Gasteiger partial charge in [-0.2, -0.15) is 0 Å². The van der Waals surface area contributed by atoms with Crippen molar-refractivity contribution in [2.24, 2.45) is 5.92 Å². The van der Waals surface area contributed by atoms with E-state index in [0.29, 0.717) is 78.6 Å². The highest BCUT2D eigenvalue weighted by Crippen LogP contribution is 2.28. The molecule has 9 nitrogen and oxygen atoms in total. The Kier molecular flexibility index (Phi) is 21.9. The van der Waals surface area contributed by atoms with Gasteiger partial charge in [-0.15, -0.1) is 0 Å². The smallest absolute Gasteiger partial charge is 0.329 e. The molecule has 38 heavy (non-hydrogen) atoms. The fourth-order valence-electron chi connectivity index (χ4n) is 3.61. The number of hydrogen-bond acceptors (Lipinski definition) is 8. The third-order valence-corrected chi connectivity index (χ3v) is 6.13. The molecule has 0 amide bonds. The zero-order valence-corrected chi connectivity index (χ0v) is 23.7. The largest absolute Gasteiger partial charge is 0.491 e. The van der Waals surface area contributed by atoms with E-state index < -0.39 is 5.97 Å². The molecule has 220 valence electrons. The topological polar surface area (TPSA) is 102 Å². The van der Waals surface area contributed by atoms with Crippen LogP contribution in [0.2, 0.25) is 0 Å². The zero-order valence-electron chi connectivity index (χ0n) is 23.7. The van der Waals surface area contributed by atoms with Crippen LogP contribution in [-0.4, -0.2) is 97.0 Å². The van der Waals surface area contributed by atoms with Gasteiger partial charge in [0.25, 0.3) is 0 Å². The summed E-state index contributed by atoms with van der Waals surface area (Å²) in [5, 5.41) is 8.42.